The summed E-state index contributed by atoms with van der Waals surface area (Å²) in [7, 11) is 1.65. The fourth-order valence-corrected chi connectivity index (χ4v) is 1.97. The molecule has 0 heterocycles. The lowest BCUT2D eigenvalue weighted by atomic mass is 10.0. The molecule has 0 fully saturated rings. The molecule has 1 aromatic rings. The molecular weight excluding hydrogens is 268 g/mol. The largest absolute Gasteiger partial charge is 0.478 e. The SMILES string of the molecule is Cc1c(C=CC(=O)O)cccc1C(=O)N(C)CC(C)C#N. The lowest BCUT2D eigenvalue weighted by molar-refractivity contribution is -0.131. The Kier molecular flexibility index (Phi) is 5.67. The molecule has 1 N–H and O–H groups in total. The minimum atomic E-state index is -1.04. The second-order valence-corrected chi connectivity index (χ2v) is 4.91. The Morgan fingerprint density at radius 1 is 1.48 bits per heavy atom. The standard InChI is InChI=1S/C16H18N2O3/c1-11(9-17)10-18(3)16(21)14-6-4-5-13(12(14)2)7-8-15(19)20/h4-8,11H,10H2,1-3H3,(H,19,20). The molecule has 0 aromatic heterocycles. The molecule has 5 nitrogen and oxygen atoms in total. The Hall–Kier alpha value is -2.61. The number of carbonyl (C=O) groups is 2. The van der Waals surface area contributed by atoms with Crippen molar-refractivity contribution in [3.63, 3.8) is 0 Å². The van der Waals surface area contributed by atoms with Gasteiger partial charge in [0.25, 0.3) is 5.91 Å². The van der Waals surface area contributed by atoms with E-state index in [4.69, 9.17) is 10.4 Å². The first-order valence-corrected chi connectivity index (χ1v) is 6.52. The Morgan fingerprint density at radius 3 is 2.71 bits per heavy atom. The van der Waals surface area contributed by atoms with Crippen molar-refractivity contribution in [1.82, 2.24) is 4.90 Å². The molecule has 0 saturated heterocycles. The molecule has 1 unspecified atom stereocenters. The summed E-state index contributed by atoms with van der Waals surface area (Å²) in [6.07, 6.45) is 2.50. The topological polar surface area (TPSA) is 81.4 Å². The highest BCUT2D eigenvalue weighted by atomic mass is 16.4. The van der Waals surface area contributed by atoms with Gasteiger partial charge < -0.3 is 10.0 Å². The minimum Gasteiger partial charge on any atom is -0.478 e. The van der Waals surface area contributed by atoms with Gasteiger partial charge in [0.05, 0.1) is 12.0 Å². The van der Waals surface area contributed by atoms with Crippen LogP contribution in [0, 0.1) is 24.2 Å². The van der Waals surface area contributed by atoms with Crippen LogP contribution in [0.3, 0.4) is 0 Å². The number of carboxylic acids is 1. The molecule has 0 spiro atoms. The predicted molar refractivity (Wildman–Crippen MR) is 79.6 cm³/mol. The van der Waals surface area contributed by atoms with E-state index in [0.29, 0.717) is 17.7 Å². The maximum Gasteiger partial charge on any atom is 0.328 e. The quantitative estimate of drug-likeness (QED) is 0.842. The van der Waals surface area contributed by atoms with Crippen LogP contribution >= 0.6 is 0 Å². The summed E-state index contributed by atoms with van der Waals surface area (Å²) in [6, 6.07) is 7.25. The first-order valence-electron chi connectivity index (χ1n) is 6.52. The van der Waals surface area contributed by atoms with Gasteiger partial charge in [0.1, 0.15) is 0 Å². The fourth-order valence-electron chi connectivity index (χ4n) is 1.97. The molecule has 0 aliphatic rings. The van der Waals surface area contributed by atoms with Crippen molar-refractivity contribution in [3.8, 4) is 6.07 Å². The van der Waals surface area contributed by atoms with E-state index in [2.05, 4.69) is 6.07 Å². The van der Waals surface area contributed by atoms with Crippen molar-refractivity contribution in [2.24, 2.45) is 5.92 Å². The second-order valence-electron chi connectivity index (χ2n) is 4.91. The van der Waals surface area contributed by atoms with Crippen LogP contribution in [0.25, 0.3) is 6.08 Å². The van der Waals surface area contributed by atoms with Gasteiger partial charge in [-0.15, -0.1) is 0 Å². The zero-order valence-corrected chi connectivity index (χ0v) is 12.3. The van der Waals surface area contributed by atoms with E-state index >= 15 is 0 Å². The molecule has 0 aliphatic heterocycles. The summed E-state index contributed by atoms with van der Waals surface area (Å²) in [5, 5.41) is 17.5. The number of amides is 1. The van der Waals surface area contributed by atoms with Crippen molar-refractivity contribution < 1.29 is 14.7 Å². The normalized spacial score (nSPS) is 11.9. The Bertz CT molecular complexity index is 614. The van der Waals surface area contributed by atoms with Crippen LogP contribution in [0.5, 0.6) is 0 Å². The fraction of sp³-hybridized carbons (Fsp3) is 0.312. The average molecular weight is 286 g/mol. The highest BCUT2D eigenvalue weighted by Crippen LogP contribution is 2.17. The number of nitrogens with zero attached hydrogens (tertiary/aromatic N) is 2. The van der Waals surface area contributed by atoms with Crippen LogP contribution in [0.15, 0.2) is 24.3 Å². The average Bonchev–Trinajstić information content (AvgIpc) is 2.45. The van der Waals surface area contributed by atoms with Gasteiger partial charge in [-0.25, -0.2) is 4.79 Å². The number of carboxylic acid groups (broad SMARTS) is 1. The zero-order valence-electron chi connectivity index (χ0n) is 12.3. The van der Waals surface area contributed by atoms with E-state index in [1.165, 1.54) is 11.0 Å². The summed E-state index contributed by atoms with van der Waals surface area (Å²) < 4.78 is 0. The van der Waals surface area contributed by atoms with E-state index in [-0.39, 0.29) is 11.8 Å². The van der Waals surface area contributed by atoms with Crippen molar-refractivity contribution >= 4 is 18.0 Å². The molecule has 1 rings (SSSR count). The summed E-state index contributed by atoms with van der Waals surface area (Å²) in [4.78, 5) is 24.5. The molecule has 21 heavy (non-hydrogen) atoms. The lowest BCUT2D eigenvalue weighted by Crippen LogP contribution is -2.31. The monoisotopic (exact) mass is 286 g/mol. The first kappa shape index (κ1) is 16.4. The Balaban J connectivity index is 3.03. The zero-order chi connectivity index (χ0) is 16.0. The summed E-state index contributed by atoms with van der Waals surface area (Å²) >= 11 is 0. The number of hydrogen-bond donors (Lipinski definition) is 1. The van der Waals surface area contributed by atoms with Gasteiger partial charge in [-0.1, -0.05) is 12.1 Å². The van der Waals surface area contributed by atoms with Gasteiger partial charge in [-0.05, 0) is 37.1 Å². The molecular formula is C16H18N2O3. The molecule has 1 amide bonds. The van der Waals surface area contributed by atoms with Crippen molar-refractivity contribution in [3.05, 3.63) is 41.0 Å². The maximum atomic E-state index is 12.4. The third-order valence-corrected chi connectivity index (χ3v) is 3.13. The van der Waals surface area contributed by atoms with Crippen LogP contribution in [-0.2, 0) is 4.79 Å². The summed E-state index contributed by atoms with van der Waals surface area (Å²) in [5.41, 5.74) is 1.91. The smallest absolute Gasteiger partial charge is 0.328 e. The van der Waals surface area contributed by atoms with Crippen LogP contribution in [0.2, 0.25) is 0 Å². The summed E-state index contributed by atoms with van der Waals surface area (Å²) in [5.74, 6) is -1.46. The van der Waals surface area contributed by atoms with Crippen LogP contribution in [0.1, 0.15) is 28.4 Å². The van der Waals surface area contributed by atoms with Crippen molar-refractivity contribution in [2.75, 3.05) is 13.6 Å². The lowest BCUT2D eigenvalue weighted by Gasteiger charge is -2.20. The van der Waals surface area contributed by atoms with E-state index in [0.717, 1.165) is 11.6 Å². The van der Waals surface area contributed by atoms with Gasteiger partial charge in [-0.3, -0.25) is 4.79 Å². The molecule has 5 heteroatoms. The van der Waals surface area contributed by atoms with Crippen molar-refractivity contribution in [2.45, 2.75) is 13.8 Å². The Labute approximate surface area is 124 Å². The summed E-state index contributed by atoms with van der Waals surface area (Å²) in [6.45, 7) is 3.88. The van der Waals surface area contributed by atoms with Gasteiger partial charge in [-0.2, -0.15) is 5.26 Å². The second kappa shape index (κ2) is 7.25. The third kappa shape index (κ3) is 4.46. The number of aliphatic carboxylic acids is 1. The maximum absolute atomic E-state index is 12.4. The van der Waals surface area contributed by atoms with Crippen molar-refractivity contribution in [1.29, 1.82) is 5.26 Å². The van der Waals surface area contributed by atoms with E-state index in [1.54, 1.807) is 39.1 Å². The van der Waals surface area contributed by atoms with Gasteiger partial charge in [0.2, 0.25) is 0 Å². The number of carbonyl (C=O) groups excluding carboxylic acids is 1. The molecule has 110 valence electrons. The van der Waals surface area contributed by atoms with Crippen LogP contribution in [0.4, 0.5) is 0 Å². The highest BCUT2D eigenvalue weighted by molar-refractivity contribution is 5.96. The van der Waals surface area contributed by atoms with Gasteiger partial charge in [0, 0.05) is 25.2 Å². The molecule has 1 atom stereocenters. The van der Waals surface area contributed by atoms with E-state index < -0.39 is 5.97 Å². The molecule has 0 radical (unpaired) electrons. The van der Waals surface area contributed by atoms with Crippen LogP contribution in [-0.4, -0.2) is 35.5 Å². The molecule has 1 aromatic carbocycles. The van der Waals surface area contributed by atoms with Gasteiger partial charge in [0.15, 0.2) is 0 Å². The highest BCUT2D eigenvalue weighted by Gasteiger charge is 2.17. The van der Waals surface area contributed by atoms with E-state index in [1.807, 2.05) is 0 Å². The third-order valence-electron chi connectivity index (χ3n) is 3.13. The Morgan fingerprint density at radius 2 is 2.14 bits per heavy atom. The molecule has 0 saturated carbocycles. The number of rotatable bonds is 5. The number of benzene rings is 1. The minimum absolute atomic E-state index is 0.180. The molecule has 0 aliphatic carbocycles. The number of hydrogen-bond acceptors (Lipinski definition) is 3. The van der Waals surface area contributed by atoms with Crippen LogP contribution < -0.4 is 0 Å². The number of nitriles is 1. The first-order chi connectivity index (χ1) is 9.86. The van der Waals surface area contributed by atoms with Gasteiger partial charge >= 0.3 is 5.97 Å². The molecule has 0 bridgehead atoms. The van der Waals surface area contributed by atoms with E-state index in [9.17, 15) is 9.59 Å². The predicted octanol–water partition coefficient (Wildman–Crippen LogP) is 2.32.